The van der Waals surface area contributed by atoms with E-state index >= 15 is 0 Å². The normalized spacial score (nSPS) is 11.9. The van der Waals surface area contributed by atoms with E-state index in [0.717, 1.165) is 11.1 Å². The summed E-state index contributed by atoms with van der Waals surface area (Å²) in [6, 6.07) is 10.6. The van der Waals surface area contributed by atoms with Crippen LogP contribution in [0.25, 0.3) is 0 Å². The average molecular weight is 338 g/mol. The molecular weight excluding hydrogens is 321 g/mol. The Hall–Kier alpha value is -1.71. The first-order valence-corrected chi connectivity index (χ1v) is 7.62. The van der Waals surface area contributed by atoms with E-state index in [2.05, 4.69) is 5.32 Å². The fourth-order valence-corrected chi connectivity index (χ4v) is 2.24. The van der Waals surface area contributed by atoms with Gasteiger partial charge in [-0.05, 0) is 68.3 Å². The Bertz CT molecular complexity index is 661. The number of amides is 1. The number of rotatable bonds is 4. The van der Waals surface area contributed by atoms with E-state index in [4.69, 9.17) is 27.9 Å². The number of anilines is 1. The number of hydrogen-bond acceptors (Lipinski definition) is 2. The molecule has 0 aliphatic heterocycles. The van der Waals surface area contributed by atoms with Crippen LogP contribution < -0.4 is 10.1 Å². The Balaban J connectivity index is 2.03. The molecule has 1 N–H and O–H groups in total. The summed E-state index contributed by atoms with van der Waals surface area (Å²) in [5.41, 5.74) is 2.51. The number of halogens is 2. The average Bonchev–Trinajstić information content (AvgIpc) is 2.47. The molecule has 2 aromatic rings. The molecule has 1 amide bonds. The zero-order chi connectivity index (χ0) is 16.3. The molecule has 1 atom stereocenters. The third-order valence-corrected chi connectivity index (χ3v) is 4.05. The molecule has 0 fully saturated rings. The first kappa shape index (κ1) is 16.7. The molecule has 0 aliphatic carbocycles. The van der Waals surface area contributed by atoms with Crippen LogP contribution in [-0.2, 0) is 4.79 Å². The van der Waals surface area contributed by atoms with Crippen molar-refractivity contribution in [3.8, 4) is 5.75 Å². The van der Waals surface area contributed by atoms with E-state index in [1.807, 2.05) is 26.0 Å². The highest BCUT2D eigenvalue weighted by Gasteiger charge is 2.16. The SMILES string of the molecule is Cc1cc(O[C@@H](C)C(=O)Nc2ccc(Cl)cc2)cc(C)c1Cl. The fraction of sp³-hybridized carbons (Fsp3) is 0.235. The minimum Gasteiger partial charge on any atom is -0.481 e. The molecule has 0 saturated heterocycles. The summed E-state index contributed by atoms with van der Waals surface area (Å²) in [7, 11) is 0. The van der Waals surface area contributed by atoms with Crippen LogP contribution in [0.1, 0.15) is 18.1 Å². The van der Waals surface area contributed by atoms with Gasteiger partial charge in [0.05, 0.1) is 0 Å². The molecule has 5 heteroatoms. The van der Waals surface area contributed by atoms with Crippen LogP contribution in [0, 0.1) is 13.8 Å². The monoisotopic (exact) mass is 337 g/mol. The summed E-state index contributed by atoms with van der Waals surface area (Å²) in [6.07, 6.45) is -0.629. The van der Waals surface area contributed by atoms with Gasteiger partial charge >= 0.3 is 0 Å². The topological polar surface area (TPSA) is 38.3 Å². The number of ether oxygens (including phenoxy) is 1. The summed E-state index contributed by atoms with van der Waals surface area (Å²) in [4.78, 5) is 12.1. The molecule has 3 nitrogen and oxygen atoms in total. The van der Waals surface area contributed by atoms with Crippen molar-refractivity contribution in [1.29, 1.82) is 0 Å². The van der Waals surface area contributed by atoms with Gasteiger partial charge in [0.15, 0.2) is 6.10 Å². The van der Waals surface area contributed by atoms with Crippen molar-refractivity contribution in [3.05, 3.63) is 57.6 Å². The van der Waals surface area contributed by atoms with Crippen LogP contribution in [0.4, 0.5) is 5.69 Å². The molecule has 0 spiro atoms. The highest BCUT2D eigenvalue weighted by atomic mass is 35.5. The number of carbonyl (C=O) groups excluding carboxylic acids is 1. The minimum atomic E-state index is -0.629. The van der Waals surface area contributed by atoms with Crippen LogP contribution in [0.2, 0.25) is 10.0 Å². The summed E-state index contributed by atoms with van der Waals surface area (Å²) in [5, 5.41) is 4.11. The summed E-state index contributed by atoms with van der Waals surface area (Å²) < 4.78 is 5.69. The molecule has 0 saturated carbocycles. The van der Waals surface area contributed by atoms with Crippen molar-refractivity contribution < 1.29 is 9.53 Å². The number of nitrogens with one attached hydrogen (secondary N) is 1. The zero-order valence-corrected chi connectivity index (χ0v) is 14.1. The first-order chi connectivity index (χ1) is 10.4. The van der Waals surface area contributed by atoms with Gasteiger partial charge < -0.3 is 10.1 Å². The number of hydrogen-bond donors (Lipinski definition) is 1. The van der Waals surface area contributed by atoms with Crippen molar-refractivity contribution in [3.63, 3.8) is 0 Å². The molecule has 0 bridgehead atoms. The second kappa shape index (κ2) is 7.03. The van der Waals surface area contributed by atoms with Gasteiger partial charge in [-0.15, -0.1) is 0 Å². The largest absolute Gasteiger partial charge is 0.481 e. The van der Waals surface area contributed by atoms with E-state index in [-0.39, 0.29) is 5.91 Å². The second-order valence-electron chi connectivity index (χ2n) is 5.13. The van der Waals surface area contributed by atoms with Gasteiger partial charge in [0.1, 0.15) is 5.75 Å². The Labute approximate surface area is 140 Å². The third-order valence-electron chi connectivity index (χ3n) is 3.20. The smallest absolute Gasteiger partial charge is 0.265 e. The van der Waals surface area contributed by atoms with E-state index in [1.54, 1.807) is 31.2 Å². The lowest BCUT2D eigenvalue weighted by Crippen LogP contribution is -2.30. The van der Waals surface area contributed by atoms with Gasteiger partial charge in [-0.1, -0.05) is 23.2 Å². The van der Waals surface area contributed by atoms with Crippen LogP contribution in [-0.4, -0.2) is 12.0 Å². The molecule has 0 aliphatic rings. The highest BCUT2D eigenvalue weighted by molar-refractivity contribution is 6.32. The third kappa shape index (κ3) is 4.15. The molecule has 0 aromatic heterocycles. The van der Waals surface area contributed by atoms with Gasteiger partial charge in [0.2, 0.25) is 0 Å². The second-order valence-corrected chi connectivity index (χ2v) is 5.94. The van der Waals surface area contributed by atoms with Crippen LogP contribution in [0.5, 0.6) is 5.75 Å². The molecule has 0 radical (unpaired) electrons. The van der Waals surface area contributed by atoms with Crippen molar-refractivity contribution in [2.45, 2.75) is 26.9 Å². The lowest BCUT2D eigenvalue weighted by molar-refractivity contribution is -0.122. The van der Waals surface area contributed by atoms with Crippen molar-refractivity contribution in [2.24, 2.45) is 0 Å². The minimum absolute atomic E-state index is 0.229. The number of aryl methyl sites for hydroxylation is 2. The van der Waals surface area contributed by atoms with Crippen molar-refractivity contribution >= 4 is 34.8 Å². The summed E-state index contributed by atoms with van der Waals surface area (Å²) in [6.45, 7) is 5.51. The molecule has 116 valence electrons. The van der Waals surface area contributed by atoms with Crippen LogP contribution >= 0.6 is 23.2 Å². The quantitative estimate of drug-likeness (QED) is 0.850. The van der Waals surface area contributed by atoms with E-state index in [0.29, 0.717) is 21.5 Å². The van der Waals surface area contributed by atoms with Gasteiger partial charge in [-0.25, -0.2) is 0 Å². The lowest BCUT2D eigenvalue weighted by Gasteiger charge is -2.16. The Morgan fingerprint density at radius 1 is 1.09 bits per heavy atom. The maximum Gasteiger partial charge on any atom is 0.265 e. The molecule has 0 heterocycles. The molecular formula is C17H17Cl2NO2. The molecule has 22 heavy (non-hydrogen) atoms. The number of benzene rings is 2. The standard InChI is InChI=1S/C17H17Cl2NO2/c1-10-8-15(9-11(2)16(10)19)22-12(3)17(21)20-14-6-4-13(18)5-7-14/h4-9,12H,1-3H3,(H,20,21)/t12-/m0/s1. The van der Waals surface area contributed by atoms with Crippen molar-refractivity contribution in [2.75, 3.05) is 5.32 Å². The predicted octanol–water partition coefficient (Wildman–Crippen LogP) is 5.02. The van der Waals surface area contributed by atoms with Crippen LogP contribution in [0.3, 0.4) is 0 Å². The summed E-state index contributed by atoms with van der Waals surface area (Å²) in [5.74, 6) is 0.394. The predicted molar refractivity (Wildman–Crippen MR) is 91.1 cm³/mol. The Kier molecular flexibility index (Phi) is 5.33. The molecule has 2 aromatic carbocycles. The van der Waals surface area contributed by atoms with Gasteiger partial charge in [-0.2, -0.15) is 0 Å². The maximum atomic E-state index is 12.1. The van der Waals surface area contributed by atoms with Gasteiger partial charge in [0, 0.05) is 15.7 Å². The lowest BCUT2D eigenvalue weighted by atomic mass is 10.1. The molecule has 0 unspecified atom stereocenters. The Morgan fingerprint density at radius 2 is 1.64 bits per heavy atom. The van der Waals surface area contributed by atoms with E-state index in [9.17, 15) is 4.79 Å². The zero-order valence-electron chi connectivity index (χ0n) is 12.6. The fourth-order valence-electron chi connectivity index (χ4n) is 2.01. The van der Waals surface area contributed by atoms with Gasteiger partial charge in [-0.3, -0.25) is 4.79 Å². The van der Waals surface area contributed by atoms with E-state index < -0.39 is 6.10 Å². The summed E-state index contributed by atoms with van der Waals surface area (Å²) >= 11 is 11.9. The van der Waals surface area contributed by atoms with Crippen molar-refractivity contribution in [1.82, 2.24) is 0 Å². The van der Waals surface area contributed by atoms with Crippen LogP contribution in [0.15, 0.2) is 36.4 Å². The van der Waals surface area contributed by atoms with Gasteiger partial charge in [0.25, 0.3) is 5.91 Å². The highest BCUT2D eigenvalue weighted by Crippen LogP contribution is 2.26. The van der Waals surface area contributed by atoms with E-state index in [1.165, 1.54) is 0 Å². The number of carbonyl (C=O) groups is 1. The Morgan fingerprint density at radius 3 is 2.18 bits per heavy atom. The first-order valence-electron chi connectivity index (χ1n) is 6.86. The maximum absolute atomic E-state index is 12.1. The molecule has 2 rings (SSSR count).